The van der Waals surface area contributed by atoms with Gasteiger partial charge in [0.1, 0.15) is 17.3 Å². The number of ketones is 1. The first-order valence-corrected chi connectivity index (χ1v) is 12.0. The van der Waals surface area contributed by atoms with Crippen molar-refractivity contribution in [1.82, 2.24) is 4.57 Å². The first-order chi connectivity index (χ1) is 16.9. The van der Waals surface area contributed by atoms with Gasteiger partial charge in [0.25, 0.3) is 5.56 Å². The number of nitrogens with zero attached hydrogens (tertiary/aromatic N) is 1. The van der Waals surface area contributed by atoms with Crippen LogP contribution in [0.4, 0.5) is 5.82 Å². The van der Waals surface area contributed by atoms with Crippen molar-refractivity contribution >= 4 is 34.8 Å². The zero-order chi connectivity index (χ0) is 24.5. The van der Waals surface area contributed by atoms with Crippen molar-refractivity contribution in [1.29, 1.82) is 0 Å². The largest absolute Gasteiger partial charge is 0.457 e. The normalized spacial score (nSPS) is 12.2. The molecule has 2 heterocycles. The van der Waals surface area contributed by atoms with E-state index in [0.29, 0.717) is 64.1 Å². The third-order valence-electron chi connectivity index (χ3n) is 6.15. The average molecular weight is 505 g/mol. The van der Waals surface area contributed by atoms with E-state index in [-0.39, 0.29) is 16.4 Å². The molecule has 0 radical (unpaired) electrons. The minimum absolute atomic E-state index is 0.0688. The molecule has 0 fully saturated rings. The van der Waals surface area contributed by atoms with Gasteiger partial charge in [-0.15, -0.1) is 0 Å². The molecule has 3 aromatic carbocycles. The van der Waals surface area contributed by atoms with Gasteiger partial charge in [-0.05, 0) is 54.4 Å². The number of ether oxygens (including phenoxy) is 1. The van der Waals surface area contributed by atoms with Crippen LogP contribution in [0.3, 0.4) is 0 Å². The SMILES string of the molecule is Cc1c(C(=O)c2ccc(Oc3ccc(Cl)cc3)cc2Cl)c2n(c(=O)c1Cc1ccccc1)CCN2. The quantitative estimate of drug-likeness (QED) is 0.304. The molecular formula is C28H22Cl2N2O3. The summed E-state index contributed by atoms with van der Waals surface area (Å²) >= 11 is 12.5. The third-order valence-corrected chi connectivity index (χ3v) is 6.72. The average Bonchev–Trinajstić information content (AvgIpc) is 3.34. The molecule has 1 aromatic heterocycles. The molecular weight excluding hydrogens is 483 g/mol. The summed E-state index contributed by atoms with van der Waals surface area (Å²) in [6, 6.07) is 21.7. The van der Waals surface area contributed by atoms with Crippen LogP contribution in [-0.4, -0.2) is 16.9 Å². The van der Waals surface area contributed by atoms with Gasteiger partial charge in [-0.25, -0.2) is 0 Å². The van der Waals surface area contributed by atoms with Crippen molar-refractivity contribution in [2.24, 2.45) is 0 Å². The highest BCUT2D eigenvalue weighted by molar-refractivity contribution is 6.35. The smallest absolute Gasteiger partial charge is 0.256 e. The summed E-state index contributed by atoms with van der Waals surface area (Å²) in [4.78, 5) is 27.0. The van der Waals surface area contributed by atoms with Crippen LogP contribution in [0.15, 0.2) is 77.6 Å². The van der Waals surface area contributed by atoms with Crippen LogP contribution in [0.1, 0.15) is 32.6 Å². The van der Waals surface area contributed by atoms with Gasteiger partial charge in [0.2, 0.25) is 0 Å². The van der Waals surface area contributed by atoms with E-state index >= 15 is 0 Å². The molecule has 0 unspecified atom stereocenters. The van der Waals surface area contributed by atoms with E-state index in [9.17, 15) is 9.59 Å². The predicted molar refractivity (Wildman–Crippen MR) is 140 cm³/mol. The Hall–Kier alpha value is -3.54. The number of hydrogen-bond acceptors (Lipinski definition) is 4. The Bertz CT molecular complexity index is 1480. The number of anilines is 1. The topological polar surface area (TPSA) is 60.3 Å². The molecule has 0 aliphatic carbocycles. The van der Waals surface area contributed by atoms with Crippen LogP contribution < -0.4 is 15.6 Å². The summed E-state index contributed by atoms with van der Waals surface area (Å²) in [5.41, 5.74) is 3.05. The fraction of sp³-hybridized carbons (Fsp3) is 0.143. The van der Waals surface area contributed by atoms with Crippen molar-refractivity contribution < 1.29 is 9.53 Å². The second-order valence-electron chi connectivity index (χ2n) is 8.40. The number of carbonyl (C=O) groups is 1. The maximum Gasteiger partial charge on any atom is 0.256 e. The van der Waals surface area contributed by atoms with Crippen molar-refractivity contribution in [3.63, 3.8) is 0 Å². The van der Waals surface area contributed by atoms with Gasteiger partial charge in [-0.3, -0.25) is 14.2 Å². The van der Waals surface area contributed by atoms with Crippen molar-refractivity contribution in [3.05, 3.63) is 121 Å². The summed E-state index contributed by atoms with van der Waals surface area (Å²) in [5.74, 6) is 1.42. The fourth-order valence-corrected chi connectivity index (χ4v) is 4.76. The standard InChI is InChI=1S/C28H22Cl2N2O3/c1-17-23(15-18-5-3-2-4-6-18)28(34)32-14-13-31-27(32)25(17)26(33)22-12-11-21(16-24(22)30)35-20-9-7-19(29)8-10-20/h2-12,16,31H,13-15H2,1H3. The van der Waals surface area contributed by atoms with Crippen molar-refractivity contribution in [3.8, 4) is 11.5 Å². The first kappa shape index (κ1) is 23.2. The zero-order valence-corrected chi connectivity index (χ0v) is 20.5. The molecule has 35 heavy (non-hydrogen) atoms. The highest BCUT2D eigenvalue weighted by Crippen LogP contribution is 2.32. The zero-order valence-electron chi connectivity index (χ0n) is 19.0. The highest BCUT2D eigenvalue weighted by Gasteiger charge is 2.28. The minimum Gasteiger partial charge on any atom is -0.457 e. The maximum absolute atomic E-state index is 13.8. The molecule has 5 rings (SSSR count). The Balaban J connectivity index is 1.52. The molecule has 5 nitrogen and oxygen atoms in total. The van der Waals surface area contributed by atoms with Crippen LogP contribution >= 0.6 is 23.2 Å². The molecule has 0 bridgehead atoms. The van der Waals surface area contributed by atoms with Gasteiger partial charge in [-0.2, -0.15) is 0 Å². The third kappa shape index (κ3) is 4.57. The molecule has 1 aliphatic heterocycles. The first-order valence-electron chi connectivity index (χ1n) is 11.2. The molecule has 0 atom stereocenters. The van der Waals surface area contributed by atoms with Gasteiger partial charge in [0.15, 0.2) is 5.78 Å². The summed E-state index contributed by atoms with van der Waals surface area (Å²) in [7, 11) is 0. The molecule has 1 N–H and O–H groups in total. The molecule has 0 saturated carbocycles. The summed E-state index contributed by atoms with van der Waals surface area (Å²) in [5, 5.41) is 4.11. The van der Waals surface area contributed by atoms with Gasteiger partial charge >= 0.3 is 0 Å². The number of nitrogens with one attached hydrogen (secondary N) is 1. The van der Waals surface area contributed by atoms with Crippen LogP contribution in [0.25, 0.3) is 0 Å². The minimum atomic E-state index is -0.238. The predicted octanol–water partition coefficient (Wildman–Crippen LogP) is 6.50. The van der Waals surface area contributed by atoms with Crippen LogP contribution in [0.2, 0.25) is 10.0 Å². The number of carbonyl (C=O) groups excluding carboxylic acids is 1. The van der Waals surface area contributed by atoms with E-state index in [1.807, 2.05) is 37.3 Å². The molecule has 0 saturated heterocycles. The molecule has 176 valence electrons. The van der Waals surface area contributed by atoms with Gasteiger partial charge in [0, 0.05) is 41.7 Å². The fourth-order valence-electron chi connectivity index (χ4n) is 4.37. The van der Waals surface area contributed by atoms with E-state index in [1.165, 1.54) is 0 Å². The maximum atomic E-state index is 13.8. The molecule has 0 spiro atoms. The number of fused-ring (bicyclic) bond motifs is 1. The number of benzene rings is 3. The summed E-state index contributed by atoms with van der Waals surface area (Å²) in [6.07, 6.45) is 0.452. The van der Waals surface area contributed by atoms with E-state index in [1.54, 1.807) is 47.0 Å². The lowest BCUT2D eigenvalue weighted by molar-refractivity contribution is 0.103. The van der Waals surface area contributed by atoms with E-state index in [2.05, 4.69) is 5.32 Å². The van der Waals surface area contributed by atoms with Gasteiger partial charge in [0.05, 0.1) is 10.6 Å². The van der Waals surface area contributed by atoms with Crippen LogP contribution in [0.5, 0.6) is 11.5 Å². The van der Waals surface area contributed by atoms with E-state index in [0.717, 1.165) is 5.56 Å². The monoisotopic (exact) mass is 504 g/mol. The second kappa shape index (κ2) is 9.61. The highest BCUT2D eigenvalue weighted by atomic mass is 35.5. The molecule has 0 amide bonds. The lowest BCUT2D eigenvalue weighted by atomic mass is 9.93. The van der Waals surface area contributed by atoms with Crippen molar-refractivity contribution in [2.75, 3.05) is 11.9 Å². The van der Waals surface area contributed by atoms with E-state index < -0.39 is 0 Å². The second-order valence-corrected chi connectivity index (χ2v) is 9.24. The summed E-state index contributed by atoms with van der Waals surface area (Å²) in [6.45, 7) is 2.93. The lowest BCUT2D eigenvalue weighted by Crippen LogP contribution is -2.26. The number of aromatic nitrogens is 1. The number of pyridine rings is 1. The van der Waals surface area contributed by atoms with Crippen LogP contribution in [-0.2, 0) is 13.0 Å². The Kier molecular flexibility index (Phi) is 6.37. The Labute approximate surface area is 212 Å². The Morgan fingerprint density at radius 1 is 1.00 bits per heavy atom. The molecule has 7 heteroatoms. The Morgan fingerprint density at radius 2 is 1.71 bits per heavy atom. The lowest BCUT2D eigenvalue weighted by Gasteiger charge is -2.17. The van der Waals surface area contributed by atoms with Gasteiger partial charge in [-0.1, -0.05) is 53.5 Å². The van der Waals surface area contributed by atoms with Crippen molar-refractivity contribution in [2.45, 2.75) is 19.9 Å². The Morgan fingerprint density at radius 3 is 2.43 bits per heavy atom. The molecule has 4 aromatic rings. The van der Waals surface area contributed by atoms with E-state index in [4.69, 9.17) is 27.9 Å². The van der Waals surface area contributed by atoms with Gasteiger partial charge < -0.3 is 10.1 Å². The van der Waals surface area contributed by atoms with Crippen LogP contribution in [0, 0.1) is 6.92 Å². The molecule has 1 aliphatic rings. The number of halogens is 2. The number of hydrogen-bond donors (Lipinski definition) is 1. The summed E-state index contributed by atoms with van der Waals surface area (Å²) < 4.78 is 7.50. The number of rotatable bonds is 6.